The molecule has 1 fully saturated rings. The van der Waals surface area contributed by atoms with E-state index in [4.69, 9.17) is 0 Å². The zero-order valence-electron chi connectivity index (χ0n) is 14.1. The van der Waals surface area contributed by atoms with E-state index in [1.165, 1.54) is 18.5 Å². The average molecular weight is 303 g/mol. The molecule has 0 spiro atoms. The van der Waals surface area contributed by atoms with Crippen molar-refractivity contribution >= 4 is 17.3 Å². The first-order chi connectivity index (χ1) is 10.6. The van der Waals surface area contributed by atoms with Crippen LogP contribution in [0.1, 0.15) is 40.0 Å². The second-order valence-electron chi connectivity index (χ2n) is 6.45. The molecule has 1 atom stereocenters. The summed E-state index contributed by atoms with van der Waals surface area (Å²) < 4.78 is 0. The molecule has 0 saturated carbocycles. The van der Waals surface area contributed by atoms with Gasteiger partial charge in [-0.25, -0.2) is 0 Å². The Balaban J connectivity index is 1.80. The maximum Gasteiger partial charge on any atom is 0.239 e. The van der Waals surface area contributed by atoms with Crippen molar-refractivity contribution in [2.24, 2.45) is 5.92 Å². The summed E-state index contributed by atoms with van der Waals surface area (Å²) in [6, 6.07) is 8.64. The van der Waals surface area contributed by atoms with Crippen molar-refractivity contribution in [1.29, 1.82) is 0 Å². The molecule has 2 N–H and O–H groups in total. The van der Waals surface area contributed by atoms with Crippen LogP contribution in [-0.2, 0) is 4.79 Å². The summed E-state index contributed by atoms with van der Waals surface area (Å²) in [4.78, 5) is 14.2. The van der Waals surface area contributed by atoms with E-state index in [1.807, 2.05) is 6.92 Å². The topological polar surface area (TPSA) is 44.4 Å². The fraction of sp³-hybridized carbons (Fsp3) is 0.611. The van der Waals surface area contributed by atoms with Gasteiger partial charge in [-0.15, -0.1) is 0 Å². The highest BCUT2D eigenvalue weighted by molar-refractivity contribution is 5.81. The van der Waals surface area contributed by atoms with Crippen LogP contribution >= 0.6 is 0 Å². The van der Waals surface area contributed by atoms with Crippen molar-refractivity contribution in [1.82, 2.24) is 5.32 Å². The van der Waals surface area contributed by atoms with Crippen molar-refractivity contribution in [2.45, 2.75) is 46.1 Å². The quantitative estimate of drug-likeness (QED) is 0.848. The highest BCUT2D eigenvalue weighted by atomic mass is 16.1. The Morgan fingerprint density at radius 3 is 2.50 bits per heavy atom. The molecule has 0 bridgehead atoms. The van der Waals surface area contributed by atoms with Gasteiger partial charge in [0.1, 0.15) is 0 Å². The lowest BCUT2D eigenvalue weighted by Gasteiger charge is -2.32. The molecule has 122 valence electrons. The zero-order chi connectivity index (χ0) is 15.9. The van der Waals surface area contributed by atoms with Crippen molar-refractivity contribution in [3.8, 4) is 0 Å². The Morgan fingerprint density at radius 2 is 1.91 bits per heavy atom. The molecular formula is C18H29N3O. The van der Waals surface area contributed by atoms with Crippen LogP contribution in [0.15, 0.2) is 24.3 Å². The number of amides is 1. The monoisotopic (exact) mass is 303 g/mol. The minimum atomic E-state index is 0.0449. The molecule has 1 amide bonds. The van der Waals surface area contributed by atoms with Gasteiger partial charge in [-0.3, -0.25) is 4.79 Å². The molecule has 22 heavy (non-hydrogen) atoms. The fourth-order valence-electron chi connectivity index (χ4n) is 2.67. The van der Waals surface area contributed by atoms with Crippen LogP contribution in [0.3, 0.4) is 0 Å². The molecule has 4 nitrogen and oxygen atoms in total. The van der Waals surface area contributed by atoms with E-state index in [2.05, 4.69) is 53.6 Å². The largest absolute Gasteiger partial charge is 0.376 e. The lowest BCUT2D eigenvalue weighted by molar-refractivity contribution is -0.120. The number of benzene rings is 1. The molecule has 1 aromatic rings. The van der Waals surface area contributed by atoms with Crippen LogP contribution in [0.4, 0.5) is 11.4 Å². The summed E-state index contributed by atoms with van der Waals surface area (Å²) in [5.74, 6) is 0.893. The van der Waals surface area contributed by atoms with Gasteiger partial charge in [0, 0.05) is 30.5 Å². The fourth-order valence-corrected chi connectivity index (χ4v) is 2.67. The maximum absolute atomic E-state index is 11.7. The van der Waals surface area contributed by atoms with Gasteiger partial charge >= 0.3 is 0 Å². The highest BCUT2D eigenvalue weighted by Gasteiger charge is 2.15. The average Bonchev–Trinajstić information content (AvgIpc) is 2.54. The lowest BCUT2D eigenvalue weighted by Crippen LogP contribution is -2.36. The standard InChI is InChI=1S/C18H29N3O/c1-4-15(3)20-18(22)13-19-16-5-7-17(8-6-16)21-11-9-14(2)10-12-21/h5-8,14-15,19H,4,9-13H2,1-3H3,(H,20,22). The number of nitrogens with zero attached hydrogens (tertiary/aromatic N) is 1. The van der Waals surface area contributed by atoms with Crippen LogP contribution in [0, 0.1) is 5.92 Å². The van der Waals surface area contributed by atoms with E-state index in [-0.39, 0.29) is 11.9 Å². The van der Waals surface area contributed by atoms with Gasteiger partial charge in [-0.2, -0.15) is 0 Å². The molecule has 1 aromatic carbocycles. The normalized spacial score (nSPS) is 17.1. The van der Waals surface area contributed by atoms with Crippen LogP contribution in [-0.4, -0.2) is 31.6 Å². The summed E-state index contributed by atoms with van der Waals surface area (Å²) in [7, 11) is 0. The zero-order valence-corrected chi connectivity index (χ0v) is 14.1. The van der Waals surface area contributed by atoms with Crippen molar-refractivity contribution in [3.05, 3.63) is 24.3 Å². The summed E-state index contributed by atoms with van der Waals surface area (Å²) in [5, 5.41) is 6.14. The Labute approximate surface area is 134 Å². The molecular weight excluding hydrogens is 274 g/mol. The van der Waals surface area contributed by atoms with E-state index < -0.39 is 0 Å². The number of carbonyl (C=O) groups is 1. The molecule has 0 aromatic heterocycles. The third-order valence-electron chi connectivity index (χ3n) is 4.49. The Morgan fingerprint density at radius 1 is 1.27 bits per heavy atom. The summed E-state index contributed by atoms with van der Waals surface area (Å²) in [5.41, 5.74) is 2.27. The van der Waals surface area contributed by atoms with E-state index in [0.717, 1.165) is 31.1 Å². The minimum absolute atomic E-state index is 0.0449. The Bertz CT molecular complexity index is 464. The number of hydrogen-bond acceptors (Lipinski definition) is 3. The van der Waals surface area contributed by atoms with Crippen molar-refractivity contribution in [3.63, 3.8) is 0 Å². The molecule has 0 aliphatic carbocycles. The van der Waals surface area contributed by atoms with Crippen LogP contribution in [0.2, 0.25) is 0 Å². The summed E-state index contributed by atoms with van der Waals surface area (Å²) >= 11 is 0. The second kappa shape index (κ2) is 8.06. The molecule has 4 heteroatoms. The number of anilines is 2. The molecule has 1 saturated heterocycles. The molecule has 2 rings (SSSR count). The first kappa shape index (κ1) is 16.7. The number of piperidine rings is 1. The third-order valence-corrected chi connectivity index (χ3v) is 4.49. The molecule has 0 radical (unpaired) electrons. The van der Waals surface area contributed by atoms with Crippen LogP contribution in [0.25, 0.3) is 0 Å². The summed E-state index contributed by atoms with van der Waals surface area (Å²) in [6.07, 6.45) is 3.50. The predicted octanol–water partition coefficient (Wildman–Crippen LogP) is 3.25. The maximum atomic E-state index is 11.7. The smallest absolute Gasteiger partial charge is 0.239 e. The predicted molar refractivity (Wildman–Crippen MR) is 93.4 cm³/mol. The molecule has 1 unspecified atom stereocenters. The number of rotatable bonds is 6. The highest BCUT2D eigenvalue weighted by Crippen LogP contribution is 2.24. The number of hydrogen-bond donors (Lipinski definition) is 2. The van der Waals surface area contributed by atoms with Gasteiger partial charge in [0.05, 0.1) is 6.54 Å². The van der Waals surface area contributed by atoms with Gasteiger partial charge in [0.15, 0.2) is 0 Å². The van der Waals surface area contributed by atoms with Gasteiger partial charge in [-0.1, -0.05) is 13.8 Å². The third kappa shape index (κ3) is 4.93. The number of carbonyl (C=O) groups excluding carboxylic acids is 1. The number of nitrogens with one attached hydrogen (secondary N) is 2. The van der Waals surface area contributed by atoms with E-state index in [0.29, 0.717) is 6.54 Å². The SMILES string of the molecule is CCC(C)NC(=O)CNc1ccc(N2CCC(C)CC2)cc1. The van der Waals surface area contributed by atoms with E-state index in [1.54, 1.807) is 0 Å². The van der Waals surface area contributed by atoms with Gasteiger partial charge < -0.3 is 15.5 Å². The molecule has 1 aliphatic heterocycles. The van der Waals surface area contributed by atoms with Crippen LogP contribution in [0.5, 0.6) is 0 Å². The first-order valence-electron chi connectivity index (χ1n) is 8.46. The first-order valence-corrected chi connectivity index (χ1v) is 8.46. The van der Waals surface area contributed by atoms with Crippen molar-refractivity contribution < 1.29 is 4.79 Å². The lowest BCUT2D eigenvalue weighted by atomic mass is 9.99. The second-order valence-corrected chi connectivity index (χ2v) is 6.45. The Hall–Kier alpha value is -1.71. The Kier molecular flexibility index (Phi) is 6.10. The van der Waals surface area contributed by atoms with E-state index in [9.17, 15) is 4.79 Å². The molecule has 1 aliphatic rings. The van der Waals surface area contributed by atoms with Crippen molar-refractivity contribution in [2.75, 3.05) is 29.9 Å². The van der Waals surface area contributed by atoms with E-state index >= 15 is 0 Å². The van der Waals surface area contributed by atoms with Gasteiger partial charge in [-0.05, 0) is 56.4 Å². The molecule has 1 heterocycles. The minimum Gasteiger partial charge on any atom is -0.376 e. The van der Waals surface area contributed by atoms with Gasteiger partial charge in [0.2, 0.25) is 5.91 Å². The van der Waals surface area contributed by atoms with Crippen LogP contribution < -0.4 is 15.5 Å². The van der Waals surface area contributed by atoms with Gasteiger partial charge in [0.25, 0.3) is 0 Å². The summed E-state index contributed by atoms with van der Waals surface area (Å²) in [6.45, 7) is 9.03.